The van der Waals surface area contributed by atoms with Gasteiger partial charge in [-0.15, -0.1) is 0 Å². The molecule has 1 N–H and O–H groups in total. The maximum Gasteiger partial charge on any atom is 0.310 e. The van der Waals surface area contributed by atoms with E-state index in [0.717, 1.165) is 11.1 Å². The number of ether oxygens (including phenoxy) is 1. The molecule has 1 saturated heterocycles. The molecule has 88 valence electrons. The van der Waals surface area contributed by atoms with E-state index < -0.39 is 17.8 Å². The van der Waals surface area contributed by atoms with Gasteiger partial charge in [-0.1, -0.05) is 18.1 Å². The minimum Gasteiger partial charge on any atom is -0.481 e. The minimum atomic E-state index is -0.895. The molecular formula is C12H16O4. The molecule has 0 unspecified atom stereocenters. The molecule has 4 atom stereocenters. The molecule has 0 aromatic heterocycles. The van der Waals surface area contributed by atoms with Crippen LogP contribution >= 0.6 is 0 Å². The second-order valence-corrected chi connectivity index (χ2v) is 4.78. The Morgan fingerprint density at radius 1 is 1.38 bits per heavy atom. The lowest BCUT2D eigenvalue weighted by Crippen LogP contribution is -2.40. The van der Waals surface area contributed by atoms with Crippen molar-refractivity contribution in [3.05, 3.63) is 11.1 Å². The third-order valence-electron chi connectivity index (χ3n) is 4.18. The summed E-state index contributed by atoms with van der Waals surface area (Å²) in [6.45, 7) is 6.14. The zero-order valence-corrected chi connectivity index (χ0v) is 9.69. The summed E-state index contributed by atoms with van der Waals surface area (Å²) < 4.78 is 5.01. The first-order valence-corrected chi connectivity index (χ1v) is 5.51. The van der Waals surface area contributed by atoms with Crippen molar-refractivity contribution in [2.45, 2.75) is 20.8 Å². The number of carbonyl (C=O) groups excluding carboxylic acids is 1. The number of carboxylic acid groups (broad SMARTS) is 1. The lowest BCUT2D eigenvalue weighted by molar-refractivity contribution is -0.153. The monoisotopic (exact) mass is 224 g/mol. The lowest BCUT2D eigenvalue weighted by Gasteiger charge is -2.35. The Hall–Kier alpha value is -1.32. The van der Waals surface area contributed by atoms with Crippen molar-refractivity contribution in [2.24, 2.45) is 23.7 Å². The molecule has 0 spiro atoms. The van der Waals surface area contributed by atoms with E-state index in [1.54, 1.807) is 0 Å². The first-order chi connectivity index (χ1) is 7.45. The molecule has 0 amide bonds. The molecule has 0 radical (unpaired) electrons. The summed E-state index contributed by atoms with van der Waals surface area (Å²) in [6, 6.07) is 0. The van der Waals surface area contributed by atoms with Crippen molar-refractivity contribution in [1.29, 1.82) is 0 Å². The van der Waals surface area contributed by atoms with E-state index in [-0.39, 0.29) is 17.8 Å². The Kier molecular flexibility index (Phi) is 2.52. The average molecular weight is 224 g/mol. The molecule has 1 aliphatic carbocycles. The van der Waals surface area contributed by atoms with Crippen molar-refractivity contribution >= 4 is 11.9 Å². The normalized spacial score (nSPS) is 38.3. The highest BCUT2D eigenvalue weighted by atomic mass is 16.5. The van der Waals surface area contributed by atoms with Gasteiger partial charge < -0.3 is 9.84 Å². The van der Waals surface area contributed by atoms with Gasteiger partial charge in [0.15, 0.2) is 0 Å². The first kappa shape index (κ1) is 11.2. The van der Waals surface area contributed by atoms with Gasteiger partial charge in [0.1, 0.15) is 0 Å². The lowest BCUT2D eigenvalue weighted by atomic mass is 9.66. The number of cyclic esters (lactones) is 1. The van der Waals surface area contributed by atoms with Crippen LogP contribution in [0.4, 0.5) is 0 Å². The Labute approximate surface area is 94.3 Å². The number of carboxylic acids is 1. The van der Waals surface area contributed by atoms with Crippen LogP contribution in [-0.2, 0) is 14.3 Å². The van der Waals surface area contributed by atoms with E-state index in [9.17, 15) is 14.7 Å². The highest BCUT2D eigenvalue weighted by Gasteiger charge is 2.51. The number of esters is 1. The smallest absolute Gasteiger partial charge is 0.310 e. The Bertz CT molecular complexity index is 382. The van der Waals surface area contributed by atoms with Gasteiger partial charge in [0.25, 0.3) is 0 Å². The quantitative estimate of drug-likeness (QED) is 0.541. The second-order valence-electron chi connectivity index (χ2n) is 4.78. The molecule has 0 bridgehead atoms. The van der Waals surface area contributed by atoms with Gasteiger partial charge in [0.2, 0.25) is 0 Å². The summed E-state index contributed by atoms with van der Waals surface area (Å²) in [4.78, 5) is 22.9. The molecule has 0 saturated carbocycles. The fourth-order valence-electron chi connectivity index (χ4n) is 2.93. The molecule has 4 heteroatoms. The van der Waals surface area contributed by atoms with Crippen LogP contribution in [0.2, 0.25) is 0 Å². The van der Waals surface area contributed by atoms with E-state index >= 15 is 0 Å². The SMILES string of the molecule is CC1=C(C)[C@@H]2COC(=O)[C@@H]2[C@@H](C(=O)O)[C@@H]1C. The van der Waals surface area contributed by atoms with Crippen LogP contribution in [0, 0.1) is 23.7 Å². The van der Waals surface area contributed by atoms with Crippen molar-refractivity contribution in [3.63, 3.8) is 0 Å². The summed E-state index contributed by atoms with van der Waals surface area (Å²) in [5, 5.41) is 9.25. The summed E-state index contributed by atoms with van der Waals surface area (Å²) in [6.07, 6.45) is 0. The van der Waals surface area contributed by atoms with Crippen LogP contribution in [-0.4, -0.2) is 23.7 Å². The predicted octanol–water partition coefficient (Wildman–Crippen LogP) is 1.46. The summed E-state index contributed by atoms with van der Waals surface area (Å²) in [7, 11) is 0. The fraction of sp³-hybridized carbons (Fsp3) is 0.667. The van der Waals surface area contributed by atoms with Gasteiger partial charge >= 0.3 is 11.9 Å². The Balaban J connectivity index is 2.48. The van der Waals surface area contributed by atoms with Crippen molar-refractivity contribution in [2.75, 3.05) is 6.61 Å². The van der Waals surface area contributed by atoms with E-state index in [1.165, 1.54) is 0 Å². The summed E-state index contributed by atoms with van der Waals surface area (Å²) in [5.41, 5.74) is 2.22. The third kappa shape index (κ3) is 1.36. The molecule has 0 aromatic carbocycles. The van der Waals surface area contributed by atoms with Gasteiger partial charge in [0, 0.05) is 5.92 Å². The summed E-state index contributed by atoms with van der Waals surface area (Å²) in [5.74, 6) is -2.50. The third-order valence-corrected chi connectivity index (χ3v) is 4.18. The van der Waals surface area contributed by atoms with Crippen LogP contribution in [0.1, 0.15) is 20.8 Å². The number of carbonyl (C=O) groups is 2. The first-order valence-electron chi connectivity index (χ1n) is 5.51. The van der Waals surface area contributed by atoms with Crippen LogP contribution in [0.15, 0.2) is 11.1 Å². The van der Waals surface area contributed by atoms with Crippen LogP contribution < -0.4 is 0 Å². The maximum atomic E-state index is 11.6. The van der Waals surface area contributed by atoms with Crippen LogP contribution in [0.5, 0.6) is 0 Å². The highest BCUT2D eigenvalue weighted by Crippen LogP contribution is 2.45. The van der Waals surface area contributed by atoms with Crippen molar-refractivity contribution < 1.29 is 19.4 Å². The van der Waals surface area contributed by atoms with E-state index in [0.29, 0.717) is 6.61 Å². The standard InChI is InChI=1S/C12H16O4/c1-5-6(2)8-4-16-12(15)10(8)9(7(5)3)11(13)14/h7-10H,4H2,1-3H3,(H,13,14)/t7-,8+,9+,10+/m1/s1. The average Bonchev–Trinajstić information content (AvgIpc) is 2.58. The van der Waals surface area contributed by atoms with Gasteiger partial charge in [-0.25, -0.2) is 0 Å². The maximum absolute atomic E-state index is 11.6. The predicted molar refractivity (Wildman–Crippen MR) is 56.6 cm³/mol. The number of allylic oxidation sites excluding steroid dienone is 1. The van der Waals surface area contributed by atoms with Gasteiger partial charge in [-0.2, -0.15) is 0 Å². The van der Waals surface area contributed by atoms with Crippen molar-refractivity contribution in [1.82, 2.24) is 0 Å². The van der Waals surface area contributed by atoms with Gasteiger partial charge in [0.05, 0.1) is 18.4 Å². The van der Waals surface area contributed by atoms with E-state index in [2.05, 4.69) is 0 Å². The number of hydrogen-bond donors (Lipinski definition) is 1. The number of aliphatic carboxylic acids is 1. The number of hydrogen-bond acceptors (Lipinski definition) is 3. The number of rotatable bonds is 1. The zero-order valence-electron chi connectivity index (χ0n) is 9.69. The molecule has 2 aliphatic rings. The van der Waals surface area contributed by atoms with Gasteiger partial charge in [-0.05, 0) is 19.8 Å². The Morgan fingerprint density at radius 3 is 2.56 bits per heavy atom. The molecule has 1 fully saturated rings. The molecule has 0 aromatic rings. The number of fused-ring (bicyclic) bond motifs is 1. The largest absolute Gasteiger partial charge is 0.481 e. The topological polar surface area (TPSA) is 63.6 Å². The molecule has 1 heterocycles. The molecular weight excluding hydrogens is 208 g/mol. The highest BCUT2D eigenvalue weighted by molar-refractivity contribution is 5.84. The second kappa shape index (κ2) is 3.61. The fourth-order valence-corrected chi connectivity index (χ4v) is 2.93. The van der Waals surface area contributed by atoms with E-state index in [4.69, 9.17) is 4.74 Å². The van der Waals surface area contributed by atoms with Crippen LogP contribution in [0.3, 0.4) is 0 Å². The molecule has 1 aliphatic heterocycles. The van der Waals surface area contributed by atoms with Gasteiger partial charge in [-0.3, -0.25) is 9.59 Å². The Morgan fingerprint density at radius 2 is 2.00 bits per heavy atom. The molecule has 16 heavy (non-hydrogen) atoms. The zero-order chi connectivity index (χ0) is 12.0. The molecule has 4 nitrogen and oxygen atoms in total. The minimum absolute atomic E-state index is 0.0372. The van der Waals surface area contributed by atoms with Crippen LogP contribution in [0.25, 0.3) is 0 Å². The van der Waals surface area contributed by atoms with Crippen molar-refractivity contribution in [3.8, 4) is 0 Å². The molecule has 2 rings (SSSR count). The summed E-state index contributed by atoms with van der Waals surface area (Å²) >= 11 is 0. The van der Waals surface area contributed by atoms with E-state index in [1.807, 2.05) is 20.8 Å².